The molecule has 78 valence electrons. The Morgan fingerprint density at radius 2 is 2.00 bits per heavy atom. The Hall–Kier alpha value is -0.120. The predicted octanol–water partition coefficient (Wildman–Crippen LogP) is 0.773. The minimum atomic E-state index is -0.141. The number of hydrogen-bond acceptors (Lipinski definition) is 3. The van der Waals surface area contributed by atoms with Crippen molar-refractivity contribution in [3.05, 3.63) is 0 Å². The van der Waals surface area contributed by atoms with Gasteiger partial charge >= 0.3 is 0 Å². The first-order chi connectivity index (χ1) is 6.14. The zero-order valence-electron chi connectivity index (χ0n) is 8.68. The maximum Gasteiger partial charge on any atom is 0.0607 e. The smallest absolute Gasteiger partial charge is 0.0607 e. The van der Waals surface area contributed by atoms with E-state index in [4.69, 9.17) is 9.84 Å². The van der Waals surface area contributed by atoms with Gasteiger partial charge in [0.25, 0.3) is 0 Å². The van der Waals surface area contributed by atoms with Crippen LogP contribution in [0.4, 0.5) is 0 Å². The van der Waals surface area contributed by atoms with E-state index in [1.54, 1.807) is 0 Å². The van der Waals surface area contributed by atoms with Crippen LogP contribution in [0.2, 0.25) is 0 Å². The van der Waals surface area contributed by atoms with E-state index >= 15 is 0 Å². The van der Waals surface area contributed by atoms with Gasteiger partial charge in [-0.15, -0.1) is 0 Å². The van der Waals surface area contributed by atoms with Gasteiger partial charge in [-0.1, -0.05) is 0 Å². The summed E-state index contributed by atoms with van der Waals surface area (Å²) in [6.07, 6.45) is 2.29. The lowest BCUT2D eigenvalue weighted by Crippen LogP contribution is -2.45. The molecule has 0 aliphatic carbocycles. The van der Waals surface area contributed by atoms with Crippen molar-refractivity contribution in [1.82, 2.24) is 5.32 Å². The van der Waals surface area contributed by atoms with E-state index in [0.717, 1.165) is 38.5 Å². The Morgan fingerprint density at radius 1 is 1.38 bits per heavy atom. The molecule has 1 heterocycles. The van der Waals surface area contributed by atoms with Gasteiger partial charge < -0.3 is 15.2 Å². The van der Waals surface area contributed by atoms with Gasteiger partial charge in [-0.25, -0.2) is 0 Å². The van der Waals surface area contributed by atoms with Crippen LogP contribution in [0, 0.1) is 5.92 Å². The van der Waals surface area contributed by atoms with E-state index in [1.165, 1.54) is 0 Å². The molecule has 0 aromatic heterocycles. The third kappa shape index (κ3) is 4.07. The molecule has 0 spiro atoms. The van der Waals surface area contributed by atoms with Crippen LogP contribution in [0.25, 0.3) is 0 Å². The van der Waals surface area contributed by atoms with Gasteiger partial charge in [0, 0.05) is 18.8 Å². The monoisotopic (exact) mass is 187 g/mol. The molecule has 0 aromatic rings. The third-order valence-corrected chi connectivity index (χ3v) is 2.61. The fraction of sp³-hybridized carbons (Fsp3) is 1.00. The minimum absolute atomic E-state index is 0.141. The molecule has 2 N–H and O–H groups in total. The van der Waals surface area contributed by atoms with E-state index in [2.05, 4.69) is 5.32 Å². The van der Waals surface area contributed by atoms with E-state index in [9.17, 15) is 0 Å². The molecule has 1 aliphatic rings. The number of aliphatic hydroxyl groups excluding tert-OH is 1. The molecule has 3 nitrogen and oxygen atoms in total. The Labute approximate surface area is 80.5 Å². The van der Waals surface area contributed by atoms with Crippen LogP contribution in [0.5, 0.6) is 0 Å². The number of nitrogens with one attached hydrogen (secondary N) is 1. The highest BCUT2D eigenvalue weighted by atomic mass is 16.5. The van der Waals surface area contributed by atoms with Crippen molar-refractivity contribution in [2.24, 2.45) is 5.92 Å². The fourth-order valence-corrected chi connectivity index (χ4v) is 1.43. The number of rotatable bonds is 4. The summed E-state index contributed by atoms with van der Waals surface area (Å²) in [5.41, 5.74) is -0.141. The molecule has 0 aromatic carbocycles. The van der Waals surface area contributed by atoms with Crippen molar-refractivity contribution in [1.29, 1.82) is 0 Å². The van der Waals surface area contributed by atoms with Gasteiger partial charge in [0.15, 0.2) is 0 Å². The van der Waals surface area contributed by atoms with Crippen molar-refractivity contribution in [3.8, 4) is 0 Å². The second-order valence-corrected chi connectivity index (χ2v) is 4.48. The maximum atomic E-state index is 9.04. The van der Waals surface area contributed by atoms with E-state index < -0.39 is 0 Å². The molecule has 1 rings (SSSR count). The topological polar surface area (TPSA) is 41.5 Å². The summed E-state index contributed by atoms with van der Waals surface area (Å²) < 4.78 is 5.28. The molecule has 0 bridgehead atoms. The van der Waals surface area contributed by atoms with Crippen LogP contribution in [0.1, 0.15) is 26.7 Å². The van der Waals surface area contributed by atoms with E-state index in [0.29, 0.717) is 0 Å². The number of aliphatic hydroxyl groups is 1. The van der Waals surface area contributed by atoms with Crippen LogP contribution < -0.4 is 5.32 Å². The molecule has 1 aliphatic heterocycles. The Balaban J connectivity index is 2.17. The van der Waals surface area contributed by atoms with Crippen LogP contribution in [-0.4, -0.2) is 37.0 Å². The average Bonchev–Trinajstić information content (AvgIpc) is 2.17. The Morgan fingerprint density at radius 3 is 2.54 bits per heavy atom. The van der Waals surface area contributed by atoms with Gasteiger partial charge in [0.2, 0.25) is 0 Å². The molecule has 1 saturated heterocycles. The lowest BCUT2D eigenvalue weighted by molar-refractivity contribution is 0.0620. The molecule has 0 unspecified atom stereocenters. The van der Waals surface area contributed by atoms with Gasteiger partial charge in [-0.05, 0) is 39.2 Å². The van der Waals surface area contributed by atoms with Gasteiger partial charge in [0.05, 0.1) is 6.61 Å². The van der Waals surface area contributed by atoms with Crippen LogP contribution in [-0.2, 0) is 4.74 Å². The lowest BCUT2D eigenvalue weighted by atomic mass is 9.98. The second-order valence-electron chi connectivity index (χ2n) is 4.48. The molecule has 0 amide bonds. The highest BCUT2D eigenvalue weighted by molar-refractivity contribution is 4.78. The summed E-state index contributed by atoms with van der Waals surface area (Å²) >= 11 is 0. The van der Waals surface area contributed by atoms with Crippen molar-refractivity contribution in [3.63, 3.8) is 0 Å². The summed E-state index contributed by atoms with van der Waals surface area (Å²) in [7, 11) is 0. The van der Waals surface area contributed by atoms with Crippen LogP contribution in [0.15, 0.2) is 0 Å². The zero-order valence-corrected chi connectivity index (χ0v) is 8.68. The molecule has 1 fully saturated rings. The summed E-state index contributed by atoms with van der Waals surface area (Å²) in [4.78, 5) is 0. The van der Waals surface area contributed by atoms with Gasteiger partial charge in [-0.2, -0.15) is 0 Å². The average molecular weight is 187 g/mol. The van der Waals surface area contributed by atoms with Crippen molar-refractivity contribution < 1.29 is 9.84 Å². The summed E-state index contributed by atoms with van der Waals surface area (Å²) in [6.45, 7) is 7.02. The standard InChI is InChI=1S/C10H21NO2/c1-10(2,8-12)11-7-9-3-5-13-6-4-9/h9,11-12H,3-8H2,1-2H3. The molecule has 0 saturated carbocycles. The SMILES string of the molecule is CC(C)(CO)NCC1CCOCC1. The Bertz CT molecular complexity index is 142. The first kappa shape index (κ1) is 11.0. The van der Waals surface area contributed by atoms with Crippen LogP contribution in [0.3, 0.4) is 0 Å². The van der Waals surface area contributed by atoms with Crippen LogP contribution >= 0.6 is 0 Å². The third-order valence-electron chi connectivity index (χ3n) is 2.61. The number of ether oxygens (including phenoxy) is 1. The molecular formula is C10H21NO2. The molecule has 0 atom stereocenters. The molecule has 13 heavy (non-hydrogen) atoms. The summed E-state index contributed by atoms with van der Waals surface area (Å²) in [5, 5.41) is 12.4. The normalized spacial score (nSPS) is 20.5. The highest BCUT2D eigenvalue weighted by Gasteiger charge is 2.19. The molecule has 3 heteroatoms. The first-order valence-electron chi connectivity index (χ1n) is 5.08. The summed E-state index contributed by atoms with van der Waals surface area (Å²) in [5.74, 6) is 0.722. The molecular weight excluding hydrogens is 166 g/mol. The molecule has 0 radical (unpaired) electrons. The minimum Gasteiger partial charge on any atom is -0.394 e. The lowest BCUT2D eigenvalue weighted by Gasteiger charge is -2.29. The predicted molar refractivity (Wildman–Crippen MR) is 52.7 cm³/mol. The van der Waals surface area contributed by atoms with E-state index in [1.807, 2.05) is 13.8 Å². The zero-order chi connectivity index (χ0) is 9.73. The fourth-order valence-electron chi connectivity index (χ4n) is 1.43. The van der Waals surface area contributed by atoms with Crippen molar-refractivity contribution in [2.75, 3.05) is 26.4 Å². The number of hydrogen-bond donors (Lipinski definition) is 2. The maximum absolute atomic E-state index is 9.04. The van der Waals surface area contributed by atoms with Gasteiger partial charge in [-0.3, -0.25) is 0 Å². The largest absolute Gasteiger partial charge is 0.394 e. The first-order valence-corrected chi connectivity index (χ1v) is 5.08. The Kier molecular flexibility index (Phi) is 4.16. The van der Waals surface area contributed by atoms with Gasteiger partial charge in [0.1, 0.15) is 0 Å². The highest BCUT2D eigenvalue weighted by Crippen LogP contribution is 2.14. The van der Waals surface area contributed by atoms with Crippen molar-refractivity contribution >= 4 is 0 Å². The van der Waals surface area contributed by atoms with E-state index in [-0.39, 0.29) is 12.1 Å². The summed E-state index contributed by atoms with van der Waals surface area (Å²) in [6, 6.07) is 0. The quantitative estimate of drug-likeness (QED) is 0.683. The second kappa shape index (κ2) is 4.94. The van der Waals surface area contributed by atoms with Crippen molar-refractivity contribution in [2.45, 2.75) is 32.2 Å².